The van der Waals surface area contributed by atoms with Crippen molar-refractivity contribution in [3.05, 3.63) is 18.5 Å². The smallest absolute Gasteiger partial charge is 0.317 e. The summed E-state index contributed by atoms with van der Waals surface area (Å²) in [6.45, 7) is 5.29. The second-order valence-corrected chi connectivity index (χ2v) is 5.85. The number of hydrogen-bond donors (Lipinski definition) is 2. The number of aromatic nitrogens is 2. The zero-order chi connectivity index (χ0) is 15.1. The number of likely N-dealkylation sites (tertiary alicyclic amines) is 1. The van der Waals surface area contributed by atoms with Gasteiger partial charge < -0.3 is 15.3 Å². The lowest BCUT2D eigenvalue weighted by Gasteiger charge is -2.40. The van der Waals surface area contributed by atoms with Crippen molar-refractivity contribution in [2.75, 3.05) is 26.2 Å². The van der Waals surface area contributed by atoms with Crippen LogP contribution in [0.2, 0.25) is 0 Å². The third kappa shape index (κ3) is 4.20. The Morgan fingerprint density at radius 2 is 2.19 bits per heavy atom. The Kier molecular flexibility index (Phi) is 5.61. The van der Waals surface area contributed by atoms with E-state index < -0.39 is 0 Å². The van der Waals surface area contributed by atoms with Crippen molar-refractivity contribution in [3.8, 4) is 0 Å². The Balaban J connectivity index is 1.65. The van der Waals surface area contributed by atoms with E-state index in [1.165, 1.54) is 0 Å². The van der Waals surface area contributed by atoms with Crippen LogP contribution >= 0.6 is 0 Å². The molecule has 0 unspecified atom stereocenters. The van der Waals surface area contributed by atoms with Crippen LogP contribution in [0.15, 0.2) is 18.5 Å². The van der Waals surface area contributed by atoms with E-state index in [1.54, 1.807) is 6.20 Å². The molecule has 2 rings (SSSR count). The van der Waals surface area contributed by atoms with Crippen molar-refractivity contribution < 1.29 is 9.90 Å². The largest absolute Gasteiger partial charge is 0.396 e. The lowest BCUT2D eigenvalue weighted by atomic mass is 9.77. The van der Waals surface area contributed by atoms with Crippen LogP contribution in [0.1, 0.15) is 32.6 Å². The molecule has 0 saturated carbocycles. The zero-order valence-corrected chi connectivity index (χ0v) is 12.8. The Morgan fingerprint density at radius 1 is 1.43 bits per heavy atom. The van der Waals surface area contributed by atoms with Crippen molar-refractivity contribution in [3.63, 3.8) is 0 Å². The number of aryl methyl sites for hydroxylation is 1. The van der Waals surface area contributed by atoms with Gasteiger partial charge in [-0.15, -0.1) is 0 Å². The molecule has 0 aromatic carbocycles. The lowest BCUT2D eigenvalue weighted by Crippen LogP contribution is -2.48. The summed E-state index contributed by atoms with van der Waals surface area (Å²) < 4.78 is 1.86. The van der Waals surface area contributed by atoms with E-state index in [2.05, 4.69) is 17.3 Å². The SMILES string of the molecule is CCC1(CO)CCN(C(=O)NCCCn2cccn2)CC1. The fourth-order valence-electron chi connectivity index (χ4n) is 2.79. The van der Waals surface area contributed by atoms with Gasteiger partial charge in [-0.2, -0.15) is 5.10 Å². The summed E-state index contributed by atoms with van der Waals surface area (Å²) in [5.41, 5.74) is 0.0247. The third-order valence-electron chi connectivity index (χ3n) is 4.60. The van der Waals surface area contributed by atoms with Gasteiger partial charge in [0, 0.05) is 45.2 Å². The molecule has 21 heavy (non-hydrogen) atoms. The molecule has 1 aliphatic heterocycles. The highest BCUT2D eigenvalue weighted by Crippen LogP contribution is 2.34. The molecule has 0 radical (unpaired) electrons. The summed E-state index contributed by atoms with van der Waals surface area (Å²) in [5, 5.41) is 16.6. The number of hydrogen-bond acceptors (Lipinski definition) is 3. The summed E-state index contributed by atoms with van der Waals surface area (Å²) in [6, 6.07) is 1.91. The first-order chi connectivity index (χ1) is 10.2. The predicted octanol–water partition coefficient (Wildman–Crippen LogP) is 1.47. The number of aliphatic hydroxyl groups excluding tert-OH is 1. The molecule has 1 fully saturated rings. The topological polar surface area (TPSA) is 70.4 Å². The normalized spacial score (nSPS) is 17.7. The maximum atomic E-state index is 12.1. The summed E-state index contributed by atoms with van der Waals surface area (Å²) >= 11 is 0. The Morgan fingerprint density at radius 3 is 2.76 bits per heavy atom. The minimum atomic E-state index is 0.0121. The first-order valence-electron chi connectivity index (χ1n) is 7.80. The number of nitrogens with one attached hydrogen (secondary N) is 1. The average Bonchev–Trinajstić information content (AvgIpc) is 3.05. The lowest BCUT2D eigenvalue weighted by molar-refractivity contribution is 0.0520. The number of carbonyl (C=O) groups excluding carboxylic acids is 1. The zero-order valence-electron chi connectivity index (χ0n) is 12.8. The molecule has 2 heterocycles. The number of carbonyl (C=O) groups is 1. The highest BCUT2D eigenvalue weighted by Gasteiger charge is 2.33. The number of rotatable bonds is 6. The van der Waals surface area contributed by atoms with Crippen LogP contribution in [-0.2, 0) is 6.54 Å². The Hall–Kier alpha value is -1.56. The molecule has 0 atom stereocenters. The van der Waals surface area contributed by atoms with Crippen molar-refractivity contribution in [2.45, 2.75) is 39.2 Å². The summed E-state index contributed by atoms with van der Waals surface area (Å²) in [7, 11) is 0. The highest BCUT2D eigenvalue weighted by molar-refractivity contribution is 5.74. The van der Waals surface area contributed by atoms with E-state index in [9.17, 15) is 9.90 Å². The maximum Gasteiger partial charge on any atom is 0.317 e. The second kappa shape index (κ2) is 7.45. The van der Waals surface area contributed by atoms with Crippen LogP contribution in [0.25, 0.3) is 0 Å². The molecule has 0 spiro atoms. The molecular weight excluding hydrogens is 268 g/mol. The van der Waals surface area contributed by atoms with E-state index in [-0.39, 0.29) is 18.1 Å². The Labute approximate surface area is 126 Å². The van der Waals surface area contributed by atoms with Crippen LogP contribution in [0, 0.1) is 5.41 Å². The van der Waals surface area contributed by atoms with E-state index in [0.717, 1.165) is 45.3 Å². The summed E-state index contributed by atoms with van der Waals surface area (Å²) in [5.74, 6) is 0. The molecule has 6 heteroatoms. The van der Waals surface area contributed by atoms with E-state index in [4.69, 9.17) is 0 Å². The van der Waals surface area contributed by atoms with Gasteiger partial charge in [-0.1, -0.05) is 6.92 Å². The van der Waals surface area contributed by atoms with Gasteiger partial charge in [-0.25, -0.2) is 4.79 Å². The molecule has 118 valence electrons. The minimum Gasteiger partial charge on any atom is -0.396 e. The van der Waals surface area contributed by atoms with Crippen molar-refractivity contribution >= 4 is 6.03 Å². The molecule has 0 bridgehead atoms. The summed E-state index contributed by atoms with van der Waals surface area (Å²) in [6.07, 6.45) is 7.31. The fourth-order valence-corrected chi connectivity index (χ4v) is 2.79. The fraction of sp³-hybridized carbons (Fsp3) is 0.733. The number of piperidine rings is 1. The van der Waals surface area contributed by atoms with Crippen molar-refractivity contribution in [1.82, 2.24) is 20.0 Å². The molecule has 1 aromatic rings. The quantitative estimate of drug-likeness (QED) is 0.781. The van der Waals surface area contributed by atoms with Crippen molar-refractivity contribution in [2.24, 2.45) is 5.41 Å². The van der Waals surface area contributed by atoms with E-state index in [1.807, 2.05) is 21.8 Å². The number of nitrogens with zero attached hydrogens (tertiary/aromatic N) is 3. The molecular formula is C15H26N4O2. The number of amides is 2. The molecule has 2 N–H and O–H groups in total. The standard InChI is InChI=1S/C15H26N4O2/c1-2-15(13-20)5-11-18(12-6-15)14(21)16-7-3-9-19-10-4-8-17-19/h4,8,10,20H,2-3,5-7,9,11-13H2,1H3,(H,16,21). The van der Waals surface area contributed by atoms with Crippen LogP contribution < -0.4 is 5.32 Å². The van der Waals surface area contributed by atoms with Gasteiger partial charge in [-0.3, -0.25) is 4.68 Å². The van der Waals surface area contributed by atoms with E-state index >= 15 is 0 Å². The van der Waals surface area contributed by atoms with Crippen LogP contribution in [0.3, 0.4) is 0 Å². The maximum absolute atomic E-state index is 12.1. The third-order valence-corrected chi connectivity index (χ3v) is 4.60. The Bertz CT molecular complexity index is 419. The minimum absolute atomic E-state index is 0.0121. The predicted molar refractivity (Wildman–Crippen MR) is 80.9 cm³/mol. The van der Waals surface area contributed by atoms with Gasteiger partial charge in [0.2, 0.25) is 0 Å². The van der Waals surface area contributed by atoms with Crippen LogP contribution in [-0.4, -0.2) is 52.1 Å². The summed E-state index contributed by atoms with van der Waals surface area (Å²) in [4.78, 5) is 13.9. The second-order valence-electron chi connectivity index (χ2n) is 5.85. The van der Waals surface area contributed by atoms with Gasteiger partial charge >= 0.3 is 6.03 Å². The monoisotopic (exact) mass is 294 g/mol. The first-order valence-corrected chi connectivity index (χ1v) is 7.80. The molecule has 0 aliphatic carbocycles. The molecule has 1 aliphatic rings. The van der Waals surface area contributed by atoms with Gasteiger partial charge in [0.15, 0.2) is 0 Å². The number of aliphatic hydroxyl groups is 1. The van der Waals surface area contributed by atoms with Crippen LogP contribution in [0.5, 0.6) is 0 Å². The molecule has 6 nitrogen and oxygen atoms in total. The van der Waals surface area contributed by atoms with Crippen molar-refractivity contribution in [1.29, 1.82) is 0 Å². The highest BCUT2D eigenvalue weighted by atomic mass is 16.3. The number of urea groups is 1. The molecule has 1 aromatic heterocycles. The molecule has 1 saturated heterocycles. The van der Waals surface area contributed by atoms with Gasteiger partial charge in [0.25, 0.3) is 0 Å². The van der Waals surface area contributed by atoms with E-state index in [0.29, 0.717) is 6.54 Å². The van der Waals surface area contributed by atoms with Gasteiger partial charge in [-0.05, 0) is 37.2 Å². The van der Waals surface area contributed by atoms with Crippen LogP contribution in [0.4, 0.5) is 4.79 Å². The van der Waals surface area contributed by atoms with Gasteiger partial charge in [0.1, 0.15) is 0 Å². The molecule has 2 amide bonds. The van der Waals surface area contributed by atoms with Gasteiger partial charge in [0.05, 0.1) is 0 Å². The first kappa shape index (κ1) is 15.8. The average molecular weight is 294 g/mol.